The van der Waals surface area contributed by atoms with Crippen molar-refractivity contribution in [2.45, 2.75) is 26.2 Å². The zero-order valence-corrected chi connectivity index (χ0v) is 15.0. The third-order valence-electron chi connectivity index (χ3n) is 4.56. The second-order valence-electron chi connectivity index (χ2n) is 6.27. The summed E-state index contributed by atoms with van der Waals surface area (Å²) in [5, 5.41) is 2.81. The summed E-state index contributed by atoms with van der Waals surface area (Å²) in [6, 6.07) is 5.65. The lowest BCUT2D eigenvalue weighted by molar-refractivity contribution is -0.140. The van der Waals surface area contributed by atoms with Gasteiger partial charge in [-0.3, -0.25) is 19.3 Å². The number of imide groups is 1. The lowest BCUT2D eigenvalue weighted by Gasteiger charge is -2.15. The molecule has 1 aromatic rings. The lowest BCUT2D eigenvalue weighted by Crippen LogP contribution is -2.34. The van der Waals surface area contributed by atoms with Crippen LogP contribution in [-0.2, 0) is 14.4 Å². The predicted octanol–water partition coefficient (Wildman–Crippen LogP) is 3.04. The number of nitrogens with zero attached hydrogens (tertiary/aromatic N) is 1. The van der Waals surface area contributed by atoms with Crippen LogP contribution in [0.15, 0.2) is 34.8 Å². The van der Waals surface area contributed by atoms with Crippen molar-refractivity contribution in [3.05, 3.63) is 40.4 Å². The van der Waals surface area contributed by atoms with Crippen LogP contribution in [0.1, 0.15) is 24.8 Å². The fourth-order valence-corrected chi connectivity index (χ4v) is 3.83. The first-order valence-electron chi connectivity index (χ1n) is 8.03. The highest BCUT2D eigenvalue weighted by atomic mass is 79.9. The Bertz CT molecular complexity index is 703. The summed E-state index contributed by atoms with van der Waals surface area (Å²) in [4.78, 5) is 38.1. The maximum atomic E-state index is 12.3. The molecule has 3 amide bonds. The van der Waals surface area contributed by atoms with Crippen molar-refractivity contribution in [1.29, 1.82) is 0 Å². The molecule has 0 radical (unpaired) electrons. The minimum Gasteiger partial charge on any atom is -0.325 e. The van der Waals surface area contributed by atoms with Gasteiger partial charge in [0.15, 0.2) is 0 Å². The summed E-state index contributed by atoms with van der Waals surface area (Å²) in [6.07, 6.45) is 5.25. The van der Waals surface area contributed by atoms with E-state index < -0.39 is 0 Å². The van der Waals surface area contributed by atoms with Crippen LogP contribution < -0.4 is 5.32 Å². The molecule has 0 bridgehead atoms. The molecular formula is C18H19BrN2O3. The Kier molecular flexibility index (Phi) is 4.85. The Hall–Kier alpha value is -1.95. The smallest absolute Gasteiger partial charge is 0.233 e. The number of rotatable bonds is 4. The summed E-state index contributed by atoms with van der Waals surface area (Å²) in [6.45, 7) is 2.11. The molecule has 0 unspecified atom stereocenters. The standard InChI is InChI=1S/C18H19BrN2O3/c1-11-6-7-15(14(19)10-11)20-16(22)8-9-21-17(23)12-4-2-3-5-13(12)18(21)24/h2-3,6-7,10,12-13H,4-5,8-9H2,1H3,(H,20,22)/t12-,13+. The van der Waals surface area contributed by atoms with E-state index >= 15 is 0 Å². The molecule has 6 heteroatoms. The first-order chi connectivity index (χ1) is 11.5. The largest absolute Gasteiger partial charge is 0.325 e. The van der Waals surface area contributed by atoms with E-state index in [1.54, 1.807) is 0 Å². The van der Waals surface area contributed by atoms with Crippen LogP contribution in [0.4, 0.5) is 5.69 Å². The summed E-state index contributed by atoms with van der Waals surface area (Å²) in [7, 11) is 0. The summed E-state index contributed by atoms with van der Waals surface area (Å²) >= 11 is 3.41. The van der Waals surface area contributed by atoms with E-state index in [0.717, 1.165) is 10.0 Å². The third-order valence-corrected chi connectivity index (χ3v) is 5.22. The number of carbonyl (C=O) groups is 3. The molecule has 1 heterocycles. The van der Waals surface area contributed by atoms with Gasteiger partial charge in [0.05, 0.1) is 17.5 Å². The average molecular weight is 391 g/mol. The first kappa shape index (κ1) is 16.9. The topological polar surface area (TPSA) is 66.5 Å². The molecule has 1 aliphatic carbocycles. The molecule has 0 aromatic heterocycles. The lowest BCUT2D eigenvalue weighted by atomic mass is 9.85. The molecule has 24 heavy (non-hydrogen) atoms. The van der Waals surface area contributed by atoms with Crippen LogP contribution in [0.2, 0.25) is 0 Å². The minimum absolute atomic E-state index is 0.102. The molecule has 1 aliphatic heterocycles. The zero-order chi connectivity index (χ0) is 17.3. The highest BCUT2D eigenvalue weighted by Gasteiger charge is 2.46. The molecular weight excluding hydrogens is 372 g/mol. The molecule has 1 N–H and O–H groups in total. The maximum Gasteiger partial charge on any atom is 0.233 e. The molecule has 2 atom stereocenters. The number of benzene rings is 1. The Morgan fingerprint density at radius 2 is 1.83 bits per heavy atom. The molecule has 1 saturated heterocycles. The number of hydrogen-bond donors (Lipinski definition) is 1. The highest BCUT2D eigenvalue weighted by molar-refractivity contribution is 9.10. The molecule has 5 nitrogen and oxygen atoms in total. The Balaban J connectivity index is 1.58. The van der Waals surface area contributed by atoms with Crippen molar-refractivity contribution in [1.82, 2.24) is 4.90 Å². The Morgan fingerprint density at radius 3 is 2.42 bits per heavy atom. The number of aryl methyl sites for hydroxylation is 1. The van der Waals surface area contributed by atoms with Gasteiger partial charge in [0, 0.05) is 17.4 Å². The van der Waals surface area contributed by atoms with Crippen molar-refractivity contribution >= 4 is 39.3 Å². The molecule has 3 rings (SSSR count). The van der Waals surface area contributed by atoms with Gasteiger partial charge in [0.1, 0.15) is 0 Å². The van der Waals surface area contributed by atoms with Gasteiger partial charge in [-0.25, -0.2) is 0 Å². The molecule has 1 aromatic carbocycles. The van der Waals surface area contributed by atoms with Gasteiger partial charge in [-0.15, -0.1) is 0 Å². The molecule has 126 valence electrons. The van der Waals surface area contributed by atoms with Gasteiger partial charge < -0.3 is 5.32 Å². The monoisotopic (exact) mass is 390 g/mol. The number of fused-ring (bicyclic) bond motifs is 1. The second-order valence-corrected chi connectivity index (χ2v) is 7.12. The minimum atomic E-state index is -0.239. The van der Waals surface area contributed by atoms with E-state index in [0.29, 0.717) is 18.5 Å². The van der Waals surface area contributed by atoms with Gasteiger partial charge in [0.2, 0.25) is 17.7 Å². The van der Waals surface area contributed by atoms with E-state index in [9.17, 15) is 14.4 Å². The fourth-order valence-electron chi connectivity index (χ4n) is 3.24. The Labute approximate surface area is 149 Å². The van der Waals surface area contributed by atoms with Gasteiger partial charge in [-0.1, -0.05) is 18.2 Å². The summed E-state index contributed by atoms with van der Waals surface area (Å²) in [5.41, 5.74) is 1.77. The number of hydrogen-bond acceptors (Lipinski definition) is 3. The van der Waals surface area contributed by atoms with Crippen LogP contribution in [0.3, 0.4) is 0 Å². The first-order valence-corrected chi connectivity index (χ1v) is 8.83. The summed E-state index contributed by atoms with van der Waals surface area (Å²) < 4.78 is 0.807. The third kappa shape index (κ3) is 3.29. The Morgan fingerprint density at radius 1 is 1.21 bits per heavy atom. The van der Waals surface area contributed by atoms with E-state index in [2.05, 4.69) is 21.2 Å². The molecule has 2 aliphatic rings. The molecule has 1 fully saturated rings. The van der Waals surface area contributed by atoms with Gasteiger partial charge in [0.25, 0.3) is 0 Å². The molecule has 0 saturated carbocycles. The van der Waals surface area contributed by atoms with Crippen LogP contribution in [0, 0.1) is 18.8 Å². The van der Waals surface area contributed by atoms with Crippen molar-refractivity contribution in [2.24, 2.45) is 11.8 Å². The quantitative estimate of drug-likeness (QED) is 0.634. The van der Waals surface area contributed by atoms with E-state index in [1.807, 2.05) is 37.3 Å². The average Bonchev–Trinajstić information content (AvgIpc) is 2.80. The number of amides is 3. The van der Waals surface area contributed by atoms with Crippen LogP contribution >= 0.6 is 15.9 Å². The number of allylic oxidation sites excluding steroid dienone is 2. The number of likely N-dealkylation sites (tertiary alicyclic amines) is 1. The van der Waals surface area contributed by atoms with Crippen LogP contribution in [0.5, 0.6) is 0 Å². The molecule has 0 spiro atoms. The van der Waals surface area contributed by atoms with Crippen molar-refractivity contribution in [3.8, 4) is 0 Å². The van der Waals surface area contributed by atoms with Gasteiger partial charge in [-0.05, 0) is 53.4 Å². The zero-order valence-electron chi connectivity index (χ0n) is 13.4. The number of carbonyl (C=O) groups excluding carboxylic acids is 3. The van der Waals surface area contributed by atoms with E-state index in [-0.39, 0.29) is 42.5 Å². The number of anilines is 1. The van der Waals surface area contributed by atoms with Crippen molar-refractivity contribution in [3.63, 3.8) is 0 Å². The fraction of sp³-hybridized carbons (Fsp3) is 0.389. The number of halogens is 1. The highest BCUT2D eigenvalue weighted by Crippen LogP contribution is 2.35. The van der Waals surface area contributed by atoms with E-state index in [1.165, 1.54) is 4.90 Å². The van der Waals surface area contributed by atoms with Crippen LogP contribution in [0.25, 0.3) is 0 Å². The van der Waals surface area contributed by atoms with Crippen molar-refractivity contribution in [2.75, 3.05) is 11.9 Å². The SMILES string of the molecule is Cc1ccc(NC(=O)CCN2C(=O)[C@H]3CC=CC[C@H]3C2=O)c(Br)c1. The van der Waals surface area contributed by atoms with Gasteiger partial charge in [-0.2, -0.15) is 0 Å². The number of nitrogens with one attached hydrogen (secondary N) is 1. The van der Waals surface area contributed by atoms with Gasteiger partial charge >= 0.3 is 0 Å². The maximum absolute atomic E-state index is 12.3. The normalized spacial score (nSPS) is 22.7. The van der Waals surface area contributed by atoms with Crippen LogP contribution in [-0.4, -0.2) is 29.2 Å². The van der Waals surface area contributed by atoms with Crippen molar-refractivity contribution < 1.29 is 14.4 Å². The summed E-state index contributed by atoms with van der Waals surface area (Å²) in [5.74, 6) is -0.973. The second kappa shape index (κ2) is 6.89. The predicted molar refractivity (Wildman–Crippen MR) is 94.2 cm³/mol. The van der Waals surface area contributed by atoms with E-state index in [4.69, 9.17) is 0 Å².